The topological polar surface area (TPSA) is 81.4 Å². The minimum Gasteiger partial charge on any atom is -0.493 e. The van der Waals surface area contributed by atoms with Crippen LogP contribution in [0.3, 0.4) is 0 Å². The number of nitrogens with two attached hydrogens (primary N) is 1. The van der Waals surface area contributed by atoms with Gasteiger partial charge in [-0.25, -0.2) is 0 Å². The average molecular weight is 389 g/mol. The van der Waals surface area contributed by atoms with Gasteiger partial charge in [-0.3, -0.25) is 0 Å². The maximum atomic E-state index is 6.33. The number of ether oxygens (including phenoxy) is 6. The predicted octanol–water partition coefficient (Wildman–Crippen LogP) is 3.90. The van der Waals surface area contributed by atoms with Crippen LogP contribution in [-0.4, -0.2) is 35.5 Å². The van der Waals surface area contributed by atoms with Crippen molar-refractivity contribution in [1.82, 2.24) is 0 Å². The van der Waals surface area contributed by atoms with Gasteiger partial charge >= 0.3 is 0 Å². The Morgan fingerprint density at radius 1 is 0.679 bits per heavy atom. The fourth-order valence-electron chi connectivity index (χ4n) is 3.62. The number of rotatable bonds is 7. The molecular formula is C21H27NO6. The van der Waals surface area contributed by atoms with Crippen LogP contribution in [0, 0.1) is 0 Å². The molecule has 7 heteroatoms. The highest BCUT2D eigenvalue weighted by Crippen LogP contribution is 2.47. The quantitative estimate of drug-likeness (QED) is 0.719. The van der Waals surface area contributed by atoms with E-state index in [0.717, 1.165) is 24.0 Å². The van der Waals surface area contributed by atoms with E-state index in [1.54, 1.807) is 35.5 Å². The summed E-state index contributed by atoms with van der Waals surface area (Å²) < 4.78 is 33.4. The van der Waals surface area contributed by atoms with Crippen molar-refractivity contribution < 1.29 is 28.4 Å². The summed E-state index contributed by atoms with van der Waals surface area (Å²) in [6.07, 6.45) is 1.53. The molecule has 1 heterocycles. The van der Waals surface area contributed by atoms with Crippen LogP contribution < -0.4 is 29.4 Å². The fraction of sp³-hybridized carbons (Fsp3) is 0.429. The van der Waals surface area contributed by atoms with Crippen molar-refractivity contribution in [1.29, 1.82) is 0 Å². The molecule has 2 aromatic carbocycles. The molecule has 0 aromatic heterocycles. The summed E-state index contributed by atoms with van der Waals surface area (Å²) in [5, 5.41) is 0. The SMILES string of the molecule is COc1cc(C2CCC(c3cc(OC)c(OC)c(OC)c3)O2)cc(N)c1OC. The zero-order valence-corrected chi connectivity index (χ0v) is 16.9. The Hall–Kier alpha value is -2.80. The Morgan fingerprint density at radius 3 is 1.54 bits per heavy atom. The normalized spacial score (nSPS) is 18.6. The van der Waals surface area contributed by atoms with Crippen molar-refractivity contribution in [3.63, 3.8) is 0 Å². The van der Waals surface area contributed by atoms with Crippen LogP contribution in [0.1, 0.15) is 36.2 Å². The summed E-state index contributed by atoms with van der Waals surface area (Å²) in [6.45, 7) is 0. The Balaban J connectivity index is 1.87. The maximum Gasteiger partial charge on any atom is 0.203 e. The zero-order valence-electron chi connectivity index (χ0n) is 16.9. The second-order valence-electron chi connectivity index (χ2n) is 6.50. The first-order chi connectivity index (χ1) is 13.6. The van der Waals surface area contributed by atoms with E-state index in [4.69, 9.17) is 34.2 Å². The molecule has 2 N–H and O–H groups in total. The van der Waals surface area contributed by atoms with Gasteiger partial charge in [0.2, 0.25) is 5.75 Å². The number of methoxy groups -OCH3 is 5. The van der Waals surface area contributed by atoms with Crippen molar-refractivity contribution >= 4 is 5.69 Å². The lowest BCUT2D eigenvalue weighted by Gasteiger charge is -2.19. The molecule has 0 aliphatic carbocycles. The molecule has 7 nitrogen and oxygen atoms in total. The molecular weight excluding hydrogens is 362 g/mol. The third-order valence-corrected chi connectivity index (χ3v) is 4.98. The number of benzene rings is 2. The minimum atomic E-state index is -0.0915. The number of nitrogen functional groups attached to an aromatic ring is 1. The van der Waals surface area contributed by atoms with Crippen molar-refractivity contribution in [2.24, 2.45) is 0 Å². The standard InChI is InChI=1S/C21H27NO6/c1-23-17-9-12(8-14(22)20(17)26-4)15-6-7-16(28-15)13-10-18(24-2)21(27-5)19(11-13)25-3/h8-11,15-16H,6-7,22H2,1-5H3. The molecule has 1 aliphatic rings. The third kappa shape index (κ3) is 3.62. The van der Waals surface area contributed by atoms with E-state index in [-0.39, 0.29) is 12.2 Å². The van der Waals surface area contributed by atoms with Gasteiger partial charge in [0, 0.05) is 0 Å². The van der Waals surface area contributed by atoms with Gasteiger partial charge in [0.15, 0.2) is 23.0 Å². The number of hydrogen-bond donors (Lipinski definition) is 1. The summed E-state index contributed by atoms with van der Waals surface area (Å²) in [4.78, 5) is 0. The molecule has 1 saturated heterocycles. The molecule has 0 saturated carbocycles. The lowest BCUT2D eigenvalue weighted by molar-refractivity contribution is 0.0437. The summed E-state index contributed by atoms with van der Waals surface area (Å²) >= 11 is 0. The molecule has 2 aromatic rings. The van der Waals surface area contributed by atoms with Crippen LogP contribution in [0.5, 0.6) is 28.7 Å². The van der Waals surface area contributed by atoms with Gasteiger partial charge in [0.05, 0.1) is 53.4 Å². The van der Waals surface area contributed by atoms with Gasteiger partial charge in [-0.15, -0.1) is 0 Å². The van der Waals surface area contributed by atoms with Crippen LogP contribution in [0.4, 0.5) is 5.69 Å². The van der Waals surface area contributed by atoms with Crippen molar-refractivity contribution in [2.45, 2.75) is 25.0 Å². The first-order valence-electron chi connectivity index (χ1n) is 9.03. The van der Waals surface area contributed by atoms with E-state index in [2.05, 4.69) is 0 Å². The monoisotopic (exact) mass is 389 g/mol. The molecule has 28 heavy (non-hydrogen) atoms. The lowest BCUT2D eigenvalue weighted by Crippen LogP contribution is -2.04. The lowest BCUT2D eigenvalue weighted by atomic mass is 10.0. The second-order valence-corrected chi connectivity index (χ2v) is 6.50. The van der Waals surface area contributed by atoms with Crippen LogP contribution in [0.25, 0.3) is 0 Å². The van der Waals surface area contributed by atoms with E-state index in [9.17, 15) is 0 Å². The zero-order chi connectivity index (χ0) is 20.3. The molecule has 0 amide bonds. The first kappa shape index (κ1) is 19.9. The van der Waals surface area contributed by atoms with Crippen LogP contribution in [-0.2, 0) is 4.74 Å². The maximum absolute atomic E-state index is 6.33. The number of anilines is 1. The largest absolute Gasteiger partial charge is 0.493 e. The molecule has 2 unspecified atom stereocenters. The summed E-state index contributed by atoms with van der Waals surface area (Å²) in [6, 6.07) is 7.65. The molecule has 0 radical (unpaired) electrons. The van der Waals surface area contributed by atoms with Gasteiger partial charge < -0.3 is 34.2 Å². The van der Waals surface area contributed by atoms with E-state index in [1.807, 2.05) is 24.3 Å². The molecule has 3 rings (SSSR count). The Kier molecular flexibility index (Phi) is 6.04. The van der Waals surface area contributed by atoms with Crippen LogP contribution in [0.15, 0.2) is 24.3 Å². The Bertz CT molecular complexity index is 813. The van der Waals surface area contributed by atoms with Crippen molar-refractivity contribution in [3.05, 3.63) is 35.4 Å². The summed E-state index contributed by atoms with van der Waals surface area (Å²) in [5.41, 5.74) is 8.59. The van der Waals surface area contributed by atoms with E-state index < -0.39 is 0 Å². The van der Waals surface area contributed by atoms with Crippen molar-refractivity contribution in [3.8, 4) is 28.7 Å². The molecule has 1 fully saturated rings. The van der Waals surface area contributed by atoms with Gasteiger partial charge in [0.1, 0.15) is 0 Å². The minimum absolute atomic E-state index is 0.0898. The summed E-state index contributed by atoms with van der Waals surface area (Å²) in [5.74, 6) is 2.91. The van der Waals surface area contributed by atoms with Gasteiger partial charge in [-0.1, -0.05) is 0 Å². The van der Waals surface area contributed by atoms with E-state index in [0.29, 0.717) is 34.4 Å². The molecule has 2 atom stereocenters. The van der Waals surface area contributed by atoms with Crippen LogP contribution >= 0.6 is 0 Å². The fourth-order valence-corrected chi connectivity index (χ4v) is 3.62. The number of hydrogen-bond acceptors (Lipinski definition) is 7. The smallest absolute Gasteiger partial charge is 0.203 e. The van der Waals surface area contributed by atoms with Gasteiger partial charge in [-0.2, -0.15) is 0 Å². The third-order valence-electron chi connectivity index (χ3n) is 4.98. The summed E-state index contributed by atoms with van der Waals surface area (Å²) in [7, 11) is 7.96. The highest BCUT2D eigenvalue weighted by atomic mass is 16.5. The van der Waals surface area contributed by atoms with Crippen LogP contribution in [0.2, 0.25) is 0 Å². The second kappa shape index (κ2) is 8.48. The van der Waals surface area contributed by atoms with Gasteiger partial charge in [-0.05, 0) is 48.2 Å². The Labute approximate surface area is 165 Å². The first-order valence-corrected chi connectivity index (χ1v) is 9.03. The van der Waals surface area contributed by atoms with E-state index in [1.165, 1.54) is 0 Å². The highest BCUT2D eigenvalue weighted by molar-refractivity contribution is 5.62. The molecule has 152 valence electrons. The molecule has 0 spiro atoms. The van der Waals surface area contributed by atoms with E-state index >= 15 is 0 Å². The molecule has 0 bridgehead atoms. The predicted molar refractivity (Wildman–Crippen MR) is 106 cm³/mol. The molecule has 1 aliphatic heterocycles. The highest BCUT2D eigenvalue weighted by Gasteiger charge is 2.30. The van der Waals surface area contributed by atoms with Gasteiger partial charge in [0.25, 0.3) is 0 Å². The van der Waals surface area contributed by atoms with Crippen molar-refractivity contribution in [2.75, 3.05) is 41.3 Å². The Morgan fingerprint density at radius 2 is 1.11 bits per heavy atom. The average Bonchev–Trinajstić information content (AvgIpc) is 3.22.